The zero-order valence-electron chi connectivity index (χ0n) is 12.9. The predicted molar refractivity (Wildman–Crippen MR) is 89.6 cm³/mol. The number of benzene rings is 1. The van der Waals surface area contributed by atoms with Crippen LogP contribution in [0.15, 0.2) is 65.8 Å². The zero-order valence-corrected chi connectivity index (χ0v) is 12.9. The average Bonchev–Trinajstić information content (AvgIpc) is 2.51. The van der Waals surface area contributed by atoms with Gasteiger partial charge in [-0.2, -0.15) is 0 Å². The molecule has 0 saturated carbocycles. The van der Waals surface area contributed by atoms with Crippen LogP contribution in [0.3, 0.4) is 0 Å². The van der Waals surface area contributed by atoms with Crippen LogP contribution in [0, 0.1) is 0 Å². The molecule has 0 radical (unpaired) electrons. The first-order valence-corrected chi connectivity index (χ1v) is 6.80. The molecule has 3 heteroatoms. The van der Waals surface area contributed by atoms with Crippen molar-refractivity contribution in [1.29, 1.82) is 0 Å². The summed E-state index contributed by atoms with van der Waals surface area (Å²) in [5.41, 5.74) is 4.80. The molecule has 0 heterocycles. The third-order valence-electron chi connectivity index (χ3n) is 3.45. The Balaban J connectivity index is 2.98. The topological polar surface area (TPSA) is 41.5 Å². The molecule has 1 aromatic rings. The molecular weight excluding hydrogens is 260 g/mol. The minimum atomic E-state index is 0.151. The predicted octanol–water partition coefficient (Wildman–Crippen LogP) is 3.60. The Kier molecular flexibility index (Phi) is 6.34. The van der Waals surface area contributed by atoms with Gasteiger partial charge >= 0.3 is 0 Å². The largest absolute Gasteiger partial charge is 0.329 e. The maximum atomic E-state index is 10.3. The number of allylic oxidation sites excluding steroid dienone is 3. The second-order valence-corrected chi connectivity index (χ2v) is 4.81. The fourth-order valence-corrected chi connectivity index (χ4v) is 2.00. The van der Waals surface area contributed by atoms with E-state index in [1.807, 2.05) is 25.1 Å². The molecule has 0 fully saturated rings. The molecule has 0 bridgehead atoms. The number of hydrogen-bond donors (Lipinski definition) is 1. The quantitative estimate of drug-likeness (QED) is 0.463. The molecule has 1 rings (SSSR count). The number of carbonyl (C=O) groups is 1. The lowest BCUT2D eigenvalue weighted by molar-refractivity contribution is -0.108. The normalized spacial score (nSPS) is 13.0. The van der Waals surface area contributed by atoms with Crippen LogP contribution in [-0.2, 0) is 4.79 Å². The van der Waals surface area contributed by atoms with E-state index in [2.05, 4.69) is 42.5 Å². The van der Waals surface area contributed by atoms with Crippen molar-refractivity contribution >= 4 is 12.1 Å². The second kappa shape index (κ2) is 8.00. The zero-order chi connectivity index (χ0) is 15.8. The smallest absolute Gasteiger partial charge is 0.211 e. The SMILES string of the molecule is C=C(C=CC(=C)C(C)c1ccccc1C(C)=NC)NC=O. The van der Waals surface area contributed by atoms with Gasteiger partial charge in [-0.05, 0) is 29.7 Å². The molecule has 0 spiro atoms. The highest BCUT2D eigenvalue weighted by Gasteiger charge is 2.13. The number of nitrogens with zero attached hydrogens (tertiary/aromatic N) is 1. The van der Waals surface area contributed by atoms with E-state index < -0.39 is 0 Å². The number of hydrogen-bond acceptors (Lipinski definition) is 2. The third-order valence-corrected chi connectivity index (χ3v) is 3.45. The van der Waals surface area contributed by atoms with Crippen LogP contribution in [0.5, 0.6) is 0 Å². The Morgan fingerprint density at radius 1 is 1.29 bits per heavy atom. The van der Waals surface area contributed by atoms with Gasteiger partial charge in [0.25, 0.3) is 0 Å². The molecule has 21 heavy (non-hydrogen) atoms. The summed E-state index contributed by atoms with van der Waals surface area (Å²) >= 11 is 0. The summed E-state index contributed by atoms with van der Waals surface area (Å²) in [7, 11) is 1.79. The van der Waals surface area contributed by atoms with Crippen LogP contribution in [0.1, 0.15) is 30.9 Å². The third kappa shape index (κ3) is 4.56. The molecule has 1 atom stereocenters. The summed E-state index contributed by atoms with van der Waals surface area (Å²) in [5.74, 6) is 0.151. The molecule has 1 unspecified atom stereocenters. The molecule has 1 N–H and O–H groups in total. The van der Waals surface area contributed by atoms with Gasteiger partial charge in [-0.25, -0.2) is 0 Å². The fourth-order valence-electron chi connectivity index (χ4n) is 2.00. The van der Waals surface area contributed by atoms with Crippen LogP contribution in [0.4, 0.5) is 0 Å². The van der Waals surface area contributed by atoms with Gasteiger partial charge in [-0.1, -0.05) is 50.4 Å². The van der Waals surface area contributed by atoms with Gasteiger partial charge in [0.05, 0.1) is 0 Å². The van der Waals surface area contributed by atoms with Crippen molar-refractivity contribution in [2.24, 2.45) is 4.99 Å². The second-order valence-electron chi connectivity index (χ2n) is 4.81. The highest BCUT2D eigenvalue weighted by atomic mass is 16.1. The van der Waals surface area contributed by atoms with Crippen molar-refractivity contribution < 1.29 is 4.79 Å². The molecule has 0 aliphatic rings. The lowest BCUT2D eigenvalue weighted by Gasteiger charge is -2.17. The first-order valence-electron chi connectivity index (χ1n) is 6.80. The Labute approximate surface area is 126 Å². The number of carbonyl (C=O) groups excluding carboxylic acids is 1. The van der Waals surface area contributed by atoms with Crippen molar-refractivity contribution in [2.45, 2.75) is 19.8 Å². The monoisotopic (exact) mass is 282 g/mol. The van der Waals surface area contributed by atoms with Gasteiger partial charge in [0.2, 0.25) is 6.41 Å². The lowest BCUT2D eigenvalue weighted by atomic mass is 9.88. The molecule has 0 aliphatic carbocycles. The van der Waals surface area contributed by atoms with E-state index in [1.165, 1.54) is 5.56 Å². The number of aliphatic imine (C=N–C) groups is 1. The van der Waals surface area contributed by atoms with E-state index in [9.17, 15) is 4.79 Å². The summed E-state index contributed by atoms with van der Waals surface area (Å²) in [4.78, 5) is 14.6. The van der Waals surface area contributed by atoms with Gasteiger partial charge in [-0.3, -0.25) is 9.79 Å². The molecule has 3 nitrogen and oxygen atoms in total. The van der Waals surface area contributed by atoms with Crippen LogP contribution < -0.4 is 5.32 Å². The number of nitrogens with one attached hydrogen (secondary N) is 1. The maximum Gasteiger partial charge on any atom is 0.211 e. The summed E-state index contributed by atoms with van der Waals surface area (Å²) < 4.78 is 0. The van der Waals surface area contributed by atoms with Crippen molar-refractivity contribution in [1.82, 2.24) is 5.32 Å². The Bertz CT molecular complexity index is 597. The summed E-state index contributed by atoms with van der Waals surface area (Å²) in [6, 6.07) is 8.18. The Morgan fingerprint density at radius 2 is 1.95 bits per heavy atom. The van der Waals surface area contributed by atoms with Gasteiger partial charge in [0, 0.05) is 24.4 Å². The fraction of sp³-hybridized carbons (Fsp3) is 0.222. The summed E-state index contributed by atoms with van der Waals surface area (Å²) in [6.45, 7) is 11.9. The first-order chi connectivity index (χ1) is 10.0. The van der Waals surface area contributed by atoms with Gasteiger partial charge in [0.1, 0.15) is 0 Å². The molecule has 1 aromatic carbocycles. The minimum Gasteiger partial charge on any atom is -0.329 e. The van der Waals surface area contributed by atoms with Crippen molar-refractivity contribution in [3.05, 3.63) is 72.0 Å². The standard InChI is InChI=1S/C18H22N2O/c1-13(10-11-14(2)20-12-21)15(3)17-8-6-7-9-18(17)16(4)19-5/h6-12,15H,1-2H2,3-5H3,(H,20,21). The average molecular weight is 282 g/mol. The van der Waals surface area contributed by atoms with Crippen molar-refractivity contribution in [3.63, 3.8) is 0 Å². The number of amides is 1. The highest BCUT2D eigenvalue weighted by Crippen LogP contribution is 2.27. The van der Waals surface area contributed by atoms with E-state index in [1.54, 1.807) is 13.1 Å². The first kappa shape index (κ1) is 16.6. The molecule has 1 amide bonds. The number of rotatable bonds is 7. The van der Waals surface area contributed by atoms with Crippen LogP contribution in [-0.4, -0.2) is 19.2 Å². The minimum absolute atomic E-state index is 0.151. The van der Waals surface area contributed by atoms with E-state index in [0.29, 0.717) is 12.1 Å². The van der Waals surface area contributed by atoms with Crippen molar-refractivity contribution in [3.8, 4) is 0 Å². The highest BCUT2D eigenvalue weighted by molar-refractivity contribution is 6.00. The van der Waals surface area contributed by atoms with Crippen molar-refractivity contribution in [2.75, 3.05) is 7.05 Å². The Hall–Kier alpha value is -2.42. The van der Waals surface area contributed by atoms with Crippen LogP contribution >= 0.6 is 0 Å². The van der Waals surface area contributed by atoms with Crippen LogP contribution in [0.25, 0.3) is 0 Å². The molecule has 0 aliphatic heterocycles. The Morgan fingerprint density at radius 3 is 2.57 bits per heavy atom. The molecular formula is C18H22N2O. The molecule has 0 saturated heterocycles. The van der Waals surface area contributed by atoms with E-state index in [0.717, 1.165) is 16.8 Å². The van der Waals surface area contributed by atoms with E-state index in [-0.39, 0.29) is 5.92 Å². The van der Waals surface area contributed by atoms with Gasteiger partial charge in [0.15, 0.2) is 0 Å². The summed E-state index contributed by atoms with van der Waals surface area (Å²) in [5, 5.41) is 2.50. The summed E-state index contributed by atoms with van der Waals surface area (Å²) in [6.07, 6.45) is 4.23. The molecule has 110 valence electrons. The van der Waals surface area contributed by atoms with Gasteiger partial charge < -0.3 is 5.32 Å². The van der Waals surface area contributed by atoms with E-state index >= 15 is 0 Å². The van der Waals surface area contributed by atoms with Crippen LogP contribution in [0.2, 0.25) is 0 Å². The van der Waals surface area contributed by atoms with E-state index in [4.69, 9.17) is 0 Å². The molecule has 0 aromatic heterocycles. The van der Waals surface area contributed by atoms with Gasteiger partial charge in [-0.15, -0.1) is 0 Å². The lowest BCUT2D eigenvalue weighted by Crippen LogP contribution is -2.07. The maximum absolute atomic E-state index is 10.3.